The SMILES string of the molecule is COC(C)OC1CC2CC1C1C3CC(C4CCCC43)C21. The average Bonchev–Trinajstić information content (AvgIpc) is 3.19. The Morgan fingerprint density at radius 1 is 0.850 bits per heavy atom. The van der Waals surface area contributed by atoms with E-state index in [0.29, 0.717) is 6.10 Å². The largest absolute Gasteiger partial charge is 0.356 e. The molecule has 5 fully saturated rings. The molecule has 5 rings (SSSR count). The van der Waals surface area contributed by atoms with Crippen LogP contribution in [0.3, 0.4) is 0 Å². The fraction of sp³-hybridized carbons (Fsp3) is 1.00. The Bertz CT molecular complexity index is 408. The fourth-order valence-electron chi connectivity index (χ4n) is 7.72. The van der Waals surface area contributed by atoms with Crippen LogP contribution in [0, 0.1) is 47.3 Å². The Morgan fingerprint density at radius 3 is 2.35 bits per heavy atom. The Morgan fingerprint density at radius 2 is 1.60 bits per heavy atom. The number of ether oxygens (including phenoxy) is 2. The molecule has 10 atom stereocenters. The molecule has 0 heterocycles. The fourth-order valence-corrected chi connectivity index (χ4v) is 7.72. The third kappa shape index (κ3) is 1.43. The van der Waals surface area contributed by atoms with Crippen LogP contribution in [0.5, 0.6) is 0 Å². The van der Waals surface area contributed by atoms with Crippen LogP contribution in [0.25, 0.3) is 0 Å². The van der Waals surface area contributed by atoms with Gasteiger partial charge in [-0.25, -0.2) is 0 Å². The Balaban J connectivity index is 1.39. The summed E-state index contributed by atoms with van der Waals surface area (Å²) in [6, 6.07) is 0. The zero-order chi connectivity index (χ0) is 13.4. The predicted octanol–water partition coefficient (Wildman–Crippen LogP) is 3.70. The van der Waals surface area contributed by atoms with Crippen molar-refractivity contribution >= 4 is 0 Å². The van der Waals surface area contributed by atoms with Gasteiger partial charge in [-0.15, -0.1) is 0 Å². The van der Waals surface area contributed by atoms with Crippen molar-refractivity contribution in [3.8, 4) is 0 Å². The van der Waals surface area contributed by atoms with Gasteiger partial charge in [-0.2, -0.15) is 0 Å². The van der Waals surface area contributed by atoms with Crippen molar-refractivity contribution in [3.05, 3.63) is 0 Å². The number of rotatable bonds is 3. The van der Waals surface area contributed by atoms with Gasteiger partial charge < -0.3 is 9.47 Å². The molecule has 4 bridgehead atoms. The van der Waals surface area contributed by atoms with Gasteiger partial charge in [0.25, 0.3) is 0 Å². The van der Waals surface area contributed by atoms with Crippen molar-refractivity contribution in [1.82, 2.24) is 0 Å². The first kappa shape index (κ1) is 12.5. The second-order valence-corrected chi connectivity index (χ2v) is 8.35. The molecular weight excluding hydrogens is 248 g/mol. The quantitative estimate of drug-likeness (QED) is 0.578. The summed E-state index contributed by atoms with van der Waals surface area (Å²) in [4.78, 5) is 0. The van der Waals surface area contributed by atoms with E-state index >= 15 is 0 Å². The topological polar surface area (TPSA) is 18.5 Å². The molecule has 0 N–H and O–H groups in total. The first-order valence-electron chi connectivity index (χ1n) is 8.96. The molecule has 2 heteroatoms. The summed E-state index contributed by atoms with van der Waals surface area (Å²) < 4.78 is 11.5. The van der Waals surface area contributed by atoms with Crippen LogP contribution < -0.4 is 0 Å². The van der Waals surface area contributed by atoms with Crippen LogP contribution in [0.2, 0.25) is 0 Å². The van der Waals surface area contributed by atoms with Gasteiger partial charge in [-0.1, -0.05) is 6.42 Å². The maximum Gasteiger partial charge on any atom is 0.154 e. The number of fused-ring (bicyclic) bond motifs is 12. The van der Waals surface area contributed by atoms with Gasteiger partial charge in [-0.3, -0.25) is 0 Å². The molecule has 0 saturated heterocycles. The van der Waals surface area contributed by atoms with Gasteiger partial charge in [0.1, 0.15) is 0 Å². The van der Waals surface area contributed by atoms with E-state index in [9.17, 15) is 0 Å². The highest BCUT2D eigenvalue weighted by Gasteiger charge is 2.68. The lowest BCUT2D eigenvalue weighted by Gasteiger charge is -2.43. The molecule has 2 nitrogen and oxygen atoms in total. The van der Waals surface area contributed by atoms with E-state index in [2.05, 4.69) is 6.92 Å². The maximum absolute atomic E-state index is 6.20. The molecule has 20 heavy (non-hydrogen) atoms. The van der Waals surface area contributed by atoms with Gasteiger partial charge >= 0.3 is 0 Å². The number of hydrogen-bond acceptors (Lipinski definition) is 2. The number of methoxy groups -OCH3 is 1. The molecule has 0 spiro atoms. The summed E-state index contributed by atoms with van der Waals surface area (Å²) in [5.74, 6) is 8.45. The minimum absolute atomic E-state index is 0.0179. The van der Waals surface area contributed by atoms with Crippen LogP contribution in [0.1, 0.15) is 45.4 Å². The lowest BCUT2D eigenvalue weighted by atomic mass is 9.64. The molecular formula is C18H28O2. The molecule has 0 amide bonds. The summed E-state index contributed by atoms with van der Waals surface area (Å²) in [5.41, 5.74) is 0. The van der Waals surface area contributed by atoms with Gasteiger partial charge in [0.15, 0.2) is 6.29 Å². The van der Waals surface area contributed by atoms with Crippen molar-refractivity contribution in [1.29, 1.82) is 0 Å². The Hall–Kier alpha value is -0.0800. The average molecular weight is 276 g/mol. The first-order valence-corrected chi connectivity index (χ1v) is 8.96. The van der Waals surface area contributed by atoms with Crippen LogP contribution in [-0.2, 0) is 9.47 Å². The van der Waals surface area contributed by atoms with Crippen molar-refractivity contribution in [2.24, 2.45) is 47.3 Å². The van der Waals surface area contributed by atoms with E-state index < -0.39 is 0 Å². The van der Waals surface area contributed by atoms with E-state index in [1.807, 2.05) is 0 Å². The molecule has 5 saturated carbocycles. The molecule has 0 aromatic rings. The molecule has 5 aliphatic rings. The summed E-state index contributed by atoms with van der Waals surface area (Å²) >= 11 is 0. The third-order valence-electron chi connectivity index (χ3n) is 8.03. The van der Waals surface area contributed by atoms with E-state index in [4.69, 9.17) is 9.47 Å². The normalized spacial score (nSPS) is 60.0. The minimum atomic E-state index is -0.0179. The van der Waals surface area contributed by atoms with E-state index in [0.717, 1.165) is 47.3 Å². The van der Waals surface area contributed by atoms with Crippen molar-refractivity contribution in [2.75, 3.05) is 7.11 Å². The van der Waals surface area contributed by atoms with Gasteiger partial charge in [0.05, 0.1) is 6.10 Å². The smallest absolute Gasteiger partial charge is 0.154 e. The summed E-state index contributed by atoms with van der Waals surface area (Å²) in [6.45, 7) is 2.05. The molecule has 0 aromatic carbocycles. The first-order chi connectivity index (χ1) is 9.78. The maximum atomic E-state index is 6.20. The summed E-state index contributed by atoms with van der Waals surface area (Å²) in [5, 5.41) is 0. The molecule has 5 aliphatic carbocycles. The third-order valence-corrected chi connectivity index (χ3v) is 8.03. The highest BCUT2D eigenvalue weighted by molar-refractivity contribution is 5.16. The zero-order valence-corrected chi connectivity index (χ0v) is 12.8. The second kappa shape index (κ2) is 4.23. The monoisotopic (exact) mass is 276 g/mol. The van der Waals surface area contributed by atoms with Crippen molar-refractivity contribution < 1.29 is 9.47 Å². The lowest BCUT2D eigenvalue weighted by Crippen LogP contribution is -2.42. The summed E-state index contributed by atoms with van der Waals surface area (Å²) in [6.07, 6.45) is 9.52. The Labute approximate surface area is 122 Å². The number of hydrogen-bond donors (Lipinski definition) is 0. The zero-order valence-electron chi connectivity index (χ0n) is 12.8. The molecule has 0 aliphatic heterocycles. The van der Waals surface area contributed by atoms with Crippen LogP contribution in [0.4, 0.5) is 0 Å². The van der Waals surface area contributed by atoms with Crippen molar-refractivity contribution in [3.63, 3.8) is 0 Å². The highest BCUT2D eigenvalue weighted by Crippen LogP contribution is 2.73. The molecule has 112 valence electrons. The summed E-state index contributed by atoms with van der Waals surface area (Å²) in [7, 11) is 1.77. The van der Waals surface area contributed by atoms with Gasteiger partial charge in [-0.05, 0) is 86.4 Å². The van der Waals surface area contributed by atoms with Gasteiger partial charge in [0, 0.05) is 7.11 Å². The van der Waals surface area contributed by atoms with Gasteiger partial charge in [0.2, 0.25) is 0 Å². The van der Waals surface area contributed by atoms with Crippen LogP contribution >= 0.6 is 0 Å². The molecule has 10 unspecified atom stereocenters. The second-order valence-electron chi connectivity index (χ2n) is 8.35. The standard InChI is InChI=1S/C18H28O2/c1-9(19-2)20-16-7-10-6-15(16)18-14-8-13(17(10)18)11-4-3-5-12(11)14/h9-18H,3-8H2,1-2H3. The predicted molar refractivity (Wildman–Crippen MR) is 77.0 cm³/mol. The molecule has 0 aromatic heterocycles. The van der Waals surface area contributed by atoms with Crippen molar-refractivity contribution in [2.45, 2.75) is 57.8 Å². The van der Waals surface area contributed by atoms with Crippen LogP contribution in [-0.4, -0.2) is 19.5 Å². The molecule has 0 radical (unpaired) electrons. The van der Waals surface area contributed by atoms with E-state index in [1.165, 1.54) is 19.3 Å². The minimum Gasteiger partial charge on any atom is -0.356 e. The Kier molecular flexibility index (Phi) is 2.63. The van der Waals surface area contributed by atoms with E-state index in [1.54, 1.807) is 26.4 Å². The van der Waals surface area contributed by atoms with E-state index in [-0.39, 0.29) is 6.29 Å². The lowest BCUT2D eigenvalue weighted by molar-refractivity contribution is -0.168. The van der Waals surface area contributed by atoms with Crippen LogP contribution in [0.15, 0.2) is 0 Å². The highest BCUT2D eigenvalue weighted by atomic mass is 16.7.